The van der Waals surface area contributed by atoms with Crippen LogP contribution in [0.25, 0.3) is 0 Å². The van der Waals surface area contributed by atoms with Gasteiger partial charge >= 0.3 is 0 Å². The number of nitrogens with two attached hydrogens (primary N) is 2. The number of aromatic nitrogens is 1. The largest absolute Gasteiger partial charge is 0.389 e. The van der Waals surface area contributed by atoms with Crippen molar-refractivity contribution in [2.24, 2.45) is 10.7 Å². The van der Waals surface area contributed by atoms with Gasteiger partial charge in [0.2, 0.25) is 5.95 Å². The zero-order valence-corrected chi connectivity index (χ0v) is 17.4. The summed E-state index contributed by atoms with van der Waals surface area (Å²) in [5, 5.41) is 9.73. The highest BCUT2D eigenvalue weighted by molar-refractivity contribution is 7.16. The minimum Gasteiger partial charge on any atom is -0.389 e. The topological polar surface area (TPSA) is 118 Å². The SMILES string of the molecule is CC.CC.N#Cc1c(N)sc2c1[C@@H](C(=O)N=C(N)c1cccc(F)n1)CCC2. The molecule has 6 nitrogen and oxygen atoms in total. The molecule has 4 N–H and O–H groups in total. The molecule has 0 saturated heterocycles. The summed E-state index contributed by atoms with van der Waals surface area (Å²) in [6.45, 7) is 8.00. The predicted molar refractivity (Wildman–Crippen MR) is 112 cm³/mol. The normalized spacial score (nSPS) is 15.1. The Kier molecular flexibility index (Phi) is 9.25. The highest BCUT2D eigenvalue weighted by atomic mass is 32.1. The number of aryl methyl sites for hydroxylation is 1. The Hall–Kier alpha value is -2.79. The van der Waals surface area contributed by atoms with E-state index in [2.05, 4.69) is 16.0 Å². The number of halogens is 1. The summed E-state index contributed by atoms with van der Waals surface area (Å²) in [5.74, 6) is -1.86. The first-order valence-corrected chi connectivity index (χ1v) is 10.1. The van der Waals surface area contributed by atoms with Crippen LogP contribution in [0.1, 0.15) is 68.2 Å². The first-order chi connectivity index (χ1) is 13.5. The third-order valence-electron chi connectivity index (χ3n) is 3.91. The number of rotatable bonds is 2. The molecule has 8 heteroatoms. The second-order valence-corrected chi connectivity index (χ2v) is 6.55. The van der Waals surface area contributed by atoms with Crippen molar-refractivity contribution in [2.75, 3.05) is 5.73 Å². The van der Waals surface area contributed by atoms with Crippen molar-refractivity contribution in [1.29, 1.82) is 5.26 Å². The van der Waals surface area contributed by atoms with Crippen molar-refractivity contribution in [2.45, 2.75) is 52.9 Å². The van der Waals surface area contributed by atoms with Gasteiger partial charge in [-0.25, -0.2) is 4.98 Å². The lowest BCUT2D eigenvalue weighted by atomic mass is 9.85. The second kappa shape index (κ2) is 11.1. The molecule has 2 heterocycles. The maximum atomic E-state index is 13.2. The number of hydrogen-bond acceptors (Lipinski definition) is 5. The fraction of sp³-hybridized carbons (Fsp3) is 0.400. The lowest BCUT2D eigenvalue weighted by Crippen LogP contribution is -2.22. The molecule has 3 rings (SSSR count). The first kappa shape index (κ1) is 23.2. The highest BCUT2D eigenvalue weighted by Gasteiger charge is 2.32. The molecular formula is C20H26FN5OS. The molecule has 0 fully saturated rings. The number of carbonyl (C=O) groups is 1. The van der Waals surface area contributed by atoms with E-state index in [1.165, 1.54) is 29.5 Å². The predicted octanol–water partition coefficient (Wildman–Crippen LogP) is 4.14. The Balaban J connectivity index is 0.000000921. The van der Waals surface area contributed by atoms with Crippen molar-refractivity contribution in [3.05, 3.63) is 45.8 Å². The Labute approximate surface area is 169 Å². The first-order valence-electron chi connectivity index (χ1n) is 9.33. The number of nitrogen functional groups attached to an aromatic ring is 1. The van der Waals surface area contributed by atoms with E-state index in [-0.39, 0.29) is 11.5 Å². The van der Waals surface area contributed by atoms with Crippen molar-refractivity contribution in [3.8, 4) is 6.07 Å². The molecule has 1 amide bonds. The fourth-order valence-corrected chi connectivity index (χ4v) is 3.97. The zero-order chi connectivity index (χ0) is 21.3. The molecule has 0 unspecified atom stereocenters. The highest BCUT2D eigenvalue weighted by Crippen LogP contribution is 2.42. The number of anilines is 1. The lowest BCUT2D eigenvalue weighted by Gasteiger charge is -2.20. The molecule has 0 bridgehead atoms. The van der Waals surface area contributed by atoms with E-state index >= 15 is 0 Å². The number of fused-ring (bicyclic) bond motifs is 1. The summed E-state index contributed by atoms with van der Waals surface area (Å²) >= 11 is 1.34. The van der Waals surface area contributed by atoms with Gasteiger partial charge in [0.05, 0.1) is 11.5 Å². The number of amides is 1. The number of amidine groups is 1. The van der Waals surface area contributed by atoms with Gasteiger partial charge in [0.25, 0.3) is 5.91 Å². The van der Waals surface area contributed by atoms with Gasteiger partial charge in [-0.3, -0.25) is 4.79 Å². The molecule has 0 radical (unpaired) electrons. The molecule has 2 aromatic heterocycles. The summed E-state index contributed by atoms with van der Waals surface area (Å²) in [5.41, 5.74) is 12.8. The van der Waals surface area contributed by atoms with E-state index in [4.69, 9.17) is 11.5 Å². The summed E-state index contributed by atoms with van der Waals surface area (Å²) in [7, 11) is 0. The van der Waals surface area contributed by atoms with Gasteiger partial charge in [0.15, 0.2) is 5.84 Å². The smallest absolute Gasteiger partial charge is 0.255 e. The van der Waals surface area contributed by atoms with Crippen molar-refractivity contribution < 1.29 is 9.18 Å². The molecule has 1 atom stereocenters. The van der Waals surface area contributed by atoms with Crippen LogP contribution in [0.4, 0.5) is 9.39 Å². The molecule has 1 aliphatic rings. The van der Waals surface area contributed by atoms with Crippen LogP contribution in [0, 0.1) is 17.3 Å². The fourth-order valence-electron chi connectivity index (χ4n) is 2.84. The van der Waals surface area contributed by atoms with Gasteiger partial charge in [0.1, 0.15) is 16.8 Å². The zero-order valence-electron chi connectivity index (χ0n) is 16.6. The van der Waals surface area contributed by atoms with Crippen molar-refractivity contribution >= 4 is 28.1 Å². The standard InChI is InChI=1S/C16H14FN5OS.2C2H6/c17-12-6-2-4-10(21-12)14(19)22-16(23)8-3-1-5-11-13(8)9(7-18)15(20)24-11;2*1-2/h2,4,6,8H,1,3,5,20H2,(H2,19,22,23);2*1-2H3/t8-;;/m0../s1. The van der Waals surface area contributed by atoms with E-state index < -0.39 is 17.8 Å². The Morgan fingerprint density at radius 2 is 2.04 bits per heavy atom. The van der Waals surface area contributed by atoms with Gasteiger partial charge in [-0.05, 0) is 37.0 Å². The molecule has 2 aromatic rings. The number of thiophene rings is 1. The van der Waals surface area contributed by atoms with Gasteiger partial charge in [-0.1, -0.05) is 33.8 Å². The number of pyridine rings is 1. The molecular weight excluding hydrogens is 377 g/mol. The molecule has 150 valence electrons. The Morgan fingerprint density at radius 3 is 2.64 bits per heavy atom. The quantitative estimate of drug-likeness (QED) is 0.444. The minimum absolute atomic E-state index is 0.102. The van der Waals surface area contributed by atoms with Gasteiger partial charge in [-0.2, -0.15) is 14.6 Å². The Morgan fingerprint density at radius 1 is 1.36 bits per heavy atom. The third kappa shape index (κ3) is 5.14. The minimum atomic E-state index is -0.699. The van der Waals surface area contributed by atoms with Crippen LogP contribution >= 0.6 is 11.3 Å². The van der Waals surface area contributed by atoms with Crippen LogP contribution in [0.3, 0.4) is 0 Å². The lowest BCUT2D eigenvalue weighted by molar-refractivity contribution is -0.119. The number of nitriles is 1. The van der Waals surface area contributed by atoms with Crippen LogP contribution in [-0.4, -0.2) is 16.7 Å². The number of nitrogens with zero attached hydrogens (tertiary/aromatic N) is 3. The monoisotopic (exact) mass is 403 g/mol. The van der Waals surface area contributed by atoms with Crippen molar-refractivity contribution in [3.63, 3.8) is 0 Å². The van der Waals surface area contributed by atoms with Gasteiger partial charge in [-0.15, -0.1) is 11.3 Å². The third-order valence-corrected chi connectivity index (χ3v) is 5.01. The summed E-state index contributed by atoms with van der Waals surface area (Å²) < 4.78 is 13.2. The Bertz CT molecular complexity index is 885. The summed E-state index contributed by atoms with van der Waals surface area (Å²) in [6.07, 6.45) is 2.17. The molecule has 1 aliphatic carbocycles. The van der Waals surface area contributed by atoms with Crippen LogP contribution in [-0.2, 0) is 11.2 Å². The summed E-state index contributed by atoms with van der Waals surface area (Å²) in [4.78, 5) is 21.0. The molecule has 0 aliphatic heterocycles. The number of hydrogen-bond donors (Lipinski definition) is 2. The number of carbonyl (C=O) groups excluding carboxylic acids is 1. The average Bonchev–Trinajstić information content (AvgIpc) is 3.05. The molecule has 0 spiro atoms. The van der Waals surface area contributed by atoms with Gasteiger partial charge in [0, 0.05) is 4.88 Å². The molecule has 0 aromatic carbocycles. The van der Waals surface area contributed by atoms with Crippen LogP contribution in [0.2, 0.25) is 0 Å². The van der Waals surface area contributed by atoms with E-state index in [1.807, 2.05) is 27.7 Å². The van der Waals surface area contributed by atoms with Crippen LogP contribution < -0.4 is 11.5 Å². The van der Waals surface area contributed by atoms with E-state index in [0.29, 0.717) is 22.5 Å². The molecule has 0 saturated carbocycles. The second-order valence-electron chi connectivity index (χ2n) is 5.42. The van der Waals surface area contributed by atoms with Crippen molar-refractivity contribution in [1.82, 2.24) is 4.98 Å². The van der Waals surface area contributed by atoms with Gasteiger partial charge < -0.3 is 11.5 Å². The van der Waals surface area contributed by atoms with Crippen LogP contribution in [0.5, 0.6) is 0 Å². The van der Waals surface area contributed by atoms with E-state index in [1.54, 1.807) is 0 Å². The maximum absolute atomic E-state index is 13.2. The van der Waals surface area contributed by atoms with E-state index in [9.17, 15) is 14.4 Å². The maximum Gasteiger partial charge on any atom is 0.255 e. The summed E-state index contributed by atoms with van der Waals surface area (Å²) in [6, 6.07) is 6.17. The van der Waals surface area contributed by atoms with Crippen LogP contribution in [0.15, 0.2) is 23.2 Å². The van der Waals surface area contributed by atoms with E-state index in [0.717, 1.165) is 17.7 Å². The number of aliphatic imine (C=N–C) groups is 1. The molecule has 28 heavy (non-hydrogen) atoms. The average molecular weight is 404 g/mol.